The van der Waals surface area contributed by atoms with Crippen molar-refractivity contribution in [1.82, 2.24) is 0 Å². The van der Waals surface area contributed by atoms with Crippen LogP contribution in [0.5, 0.6) is 0 Å². The monoisotopic (exact) mass is 416 g/mol. The molecule has 7 heteroatoms. The second-order valence-electron chi connectivity index (χ2n) is 9.06. The van der Waals surface area contributed by atoms with Gasteiger partial charge in [-0.05, 0) is 30.2 Å². The van der Waals surface area contributed by atoms with Crippen molar-refractivity contribution in [1.29, 1.82) is 0 Å². The lowest BCUT2D eigenvalue weighted by atomic mass is 9.90. The molecule has 154 valence electrons. The van der Waals surface area contributed by atoms with Crippen molar-refractivity contribution >= 4 is 33.9 Å². The van der Waals surface area contributed by atoms with Crippen molar-refractivity contribution in [2.24, 2.45) is 5.92 Å². The zero-order valence-electron chi connectivity index (χ0n) is 17.2. The Bertz CT molecular complexity index is 514. The molecule has 0 amide bonds. The van der Waals surface area contributed by atoms with Crippen molar-refractivity contribution in [3.8, 4) is 0 Å². The van der Waals surface area contributed by atoms with Crippen LogP contribution >= 0.6 is 23.5 Å². The van der Waals surface area contributed by atoms with Crippen LogP contribution in [-0.4, -0.2) is 45.0 Å². The molecule has 5 nitrogen and oxygen atoms in total. The van der Waals surface area contributed by atoms with E-state index in [2.05, 4.69) is 0 Å². The van der Waals surface area contributed by atoms with E-state index in [-0.39, 0.29) is 50.9 Å². The van der Waals surface area contributed by atoms with Crippen LogP contribution in [0.25, 0.3) is 0 Å². The van der Waals surface area contributed by atoms with Crippen LogP contribution in [0.4, 0.5) is 4.79 Å². The lowest BCUT2D eigenvalue weighted by Crippen LogP contribution is -2.32. The van der Waals surface area contributed by atoms with Gasteiger partial charge in [0.2, 0.25) is 0 Å². The van der Waals surface area contributed by atoms with Gasteiger partial charge in [-0.3, -0.25) is 4.79 Å². The minimum atomic E-state index is -0.366. The molecule has 4 unspecified atom stereocenters. The second kappa shape index (κ2) is 9.33. The highest BCUT2D eigenvalue weighted by Crippen LogP contribution is 2.33. The zero-order valence-corrected chi connectivity index (χ0v) is 18.8. The number of rotatable bonds is 3. The van der Waals surface area contributed by atoms with Crippen LogP contribution < -0.4 is 0 Å². The Kier molecular flexibility index (Phi) is 7.88. The van der Waals surface area contributed by atoms with E-state index in [1.165, 1.54) is 23.5 Å². The first-order valence-corrected chi connectivity index (χ1v) is 11.1. The quantitative estimate of drug-likeness (QED) is 0.464. The molecule has 1 aliphatic heterocycles. The van der Waals surface area contributed by atoms with Gasteiger partial charge in [-0.25, -0.2) is 4.79 Å². The van der Waals surface area contributed by atoms with Crippen LogP contribution in [0.15, 0.2) is 12.2 Å². The second-order valence-corrected chi connectivity index (χ2v) is 12.7. The maximum absolute atomic E-state index is 12.4. The largest absolute Gasteiger partial charge is 0.450 e. The number of allylic oxidation sites excluding steroid dienone is 1. The summed E-state index contributed by atoms with van der Waals surface area (Å²) in [6, 6.07) is 0. The number of carbonyl (C=O) groups is 2. The molecular weight excluding hydrogens is 384 g/mol. The van der Waals surface area contributed by atoms with Gasteiger partial charge >= 0.3 is 5.30 Å². The standard InChI is InChI=1S/C20H32O5S2/c1-19(2,3)26-17(21)10-13-7-8-14(25-18(22)27-20(4,5)6)11-16-15(9-13)23-12-24-16/h7-8,13-16H,9-12H2,1-6H3/b8-7+. The van der Waals surface area contributed by atoms with Gasteiger partial charge in [0.05, 0.1) is 12.2 Å². The van der Waals surface area contributed by atoms with Crippen molar-refractivity contribution in [3.05, 3.63) is 12.2 Å². The van der Waals surface area contributed by atoms with Crippen molar-refractivity contribution in [2.45, 2.75) is 88.6 Å². The Morgan fingerprint density at radius 2 is 1.56 bits per heavy atom. The molecule has 1 heterocycles. The summed E-state index contributed by atoms with van der Waals surface area (Å²) in [4.78, 5) is 24.6. The van der Waals surface area contributed by atoms with Crippen molar-refractivity contribution in [3.63, 3.8) is 0 Å². The molecule has 0 aromatic carbocycles. The lowest BCUT2D eigenvalue weighted by molar-refractivity contribution is -0.111. The predicted octanol–water partition coefficient (Wildman–Crippen LogP) is 5.18. The fraction of sp³-hybridized carbons (Fsp3) is 0.800. The van der Waals surface area contributed by atoms with Crippen LogP contribution in [0, 0.1) is 5.92 Å². The number of hydrogen-bond acceptors (Lipinski definition) is 7. The van der Waals surface area contributed by atoms with Gasteiger partial charge < -0.3 is 14.2 Å². The molecule has 1 fully saturated rings. The van der Waals surface area contributed by atoms with E-state index in [9.17, 15) is 9.59 Å². The summed E-state index contributed by atoms with van der Waals surface area (Å²) in [5.74, 6) is 0.0540. The molecule has 2 aliphatic rings. The number of hydrogen-bond donors (Lipinski definition) is 0. The van der Waals surface area contributed by atoms with Gasteiger partial charge in [0.15, 0.2) is 5.12 Å². The van der Waals surface area contributed by atoms with E-state index < -0.39 is 0 Å². The molecule has 0 aromatic heterocycles. The highest BCUT2D eigenvalue weighted by Gasteiger charge is 2.36. The zero-order chi connectivity index (χ0) is 20.2. The minimum absolute atomic E-state index is 0.0540. The average molecular weight is 417 g/mol. The summed E-state index contributed by atoms with van der Waals surface area (Å²) >= 11 is 2.55. The fourth-order valence-electron chi connectivity index (χ4n) is 3.07. The van der Waals surface area contributed by atoms with Gasteiger partial charge in [0, 0.05) is 22.3 Å². The van der Waals surface area contributed by atoms with E-state index in [1.807, 2.05) is 53.7 Å². The molecule has 0 radical (unpaired) electrons. The van der Waals surface area contributed by atoms with Gasteiger partial charge in [-0.2, -0.15) is 0 Å². The molecule has 0 aromatic rings. The van der Waals surface area contributed by atoms with Crippen LogP contribution in [-0.2, 0) is 19.0 Å². The Balaban J connectivity index is 2.04. The first-order chi connectivity index (χ1) is 12.4. The van der Waals surface area contributed by atoms with E-state index >= 15 is 0 Å². The fourth-order valence-corrected chi connectivity index (χ4v) is 4.72. The number of carbonyl (C=O) groups excluding carboxylic acids is 2. The third-order valence-electron chi connectivity index (χ3n) is 4.06. The van der Waals surface area contributed by atoms with E-state index in [0.29, 0.717) is 12.8 Å². The summed E-state index contributed by atoms with van der Waals surface area (Å²) in [5.41, 5.74) is 0. The Hall–Kier alpha value is -0.500. The molecule has 1 saturated heterocycles. The summed E-state index contributed by atoms with van der Waals surface area (Å²) in [6.45, 7) is 12.3. The first kappa shape index (κ1) is 22.8. The van der Waals surface area contributed by atoms with Crippen LogP contribution in [0.2, 0.25) is 0 Å². The number of ether oxygens (including phenoxy) is 3. The van der Waals surface area contributed by atoms with E-state index in [0.717, 1.165) is 6.42 Å². The molecule has 0 N–H and O–H groups in total. The lowest BCUT2D eigenvalue weighted by Gasteiger charge is -2.27. The molecule has 0 bridgehead atoms. The SMILES string of the molecule is CC(C)(C)SC(=O)CC1/C=C/C(OC(=O)SC(C)(C)C)CC2OCOC2C1. The topological polar surface area (TPSA) is 61.8 Å². The summed E-state index contributed by atoms with van der Waals surface area (Å²) < 4.78 is 16.8. The normalized spacial score (nSPS) is 30.1. The highest BCUT2D eigenvalue weighted by molar-refractivity contribution is 8.14. The summed E-state index contributed by atoms with van der Waals surface area (Å²) in [5, 5.41) is -0.117. The van der Waals surface area contributed by atoms with Crippen LogP contribution in [0.1, 0.15) is 60.8 Å². The van der Waals surface area contributed by atoms with Gasteiger partial charge in [0.1, 0.15) is 12.9 Å². The molecule has 4 atom stereocenters. The maximum Gasteiger partial charge on any atom is 0.368 e. The van der Waals surface area contributed by atoms with Gasteiger partial charge in [0.25, 0.3) is 0 Å². The Morgan fingerprint density at radius 3 is 2.15 bits per heavy atom. The van der Waals surface area contributed by atoms with E-state index in [1.54, 1.807) is 0 Å². The van der Waals surface area contributed by atoms with Crippen LogP contribution in [0.3, 0.4) is 0 Å². The first-order valence-electron chi connectivity index (χ1n) is 9.44. The summed E-state index contributed by atoms with van der Waals surface area (Å²) in [6.07, 6.45) is 5.16. The molecular formula is C20H32O5S2. The smallest absolute Gasteiger partial charge is 0.368 e. The van der Waals surface area contributed by atoms with Crippen molar-refractivity contribution < 1.29 is 23.8 Å². The van der Waals surface area contributed by atoms with Gasteiger partial charge in [-0.15, -0.1) is 0 Å². The number of fused-ring (bicyclic) bond motifs is 1. The molecule has 0 spiro atoms. The maximum atomic E-state index is 12.4. The molecule has 2 rings (SSSR count). The minimum Gasteiger partial charge on any atom is -0.450 e. The predicted molar refractivity (Wildman–Crippen MR) is 111 cm³/mol. The van der Waals surface area contributed by atoms with Crippen molar-refractivity contribution in [2.75, 3.05) is 6.79 Å². The number of thioether (sulfide) groups is 2. The summed E-state index contributed by atoms with van der Waals surface area (Å²) in [7, 11) is 0. The molecule has 27 heavy (non-hydrogen) atoms. The Morgan fingerprint density at radius 1 is 0.963 bits per heavy atom. The highest BCUT2D eigenvalue weighted by atomic mass is 32.2. The molecule has 1 aliphatic carbocycles. The Labute approximate surface area is 171 Å². The third-order valence-corrected chi connectivity index (χ3v) is 5.94. The van der Waals surface area contributed by atoms with Gasteiger partial charge in [-0.1, -0.05) is 59.4 Å². The third kappa shape index (κ3) is 8.59. The molecule has 0 saturated carbocycles. The van der Waals surface area contributed by atoms with E-state index in [4.69, 9.17) is 14.2 Å². The average Bonchev–Trinajstić information content (AvgIpc) is 2.84.